The molecule has 9 heteroatoms. The Morgan fingerprint density at radius 1 is 1.42 bits per heavy atom. The molecule has 8 nitrogen and oxygen atoms in total. The zero-order valence-electron chi connectivity index (χ0n) is 10.5. The number of nitrogens with one attached hydrogen (secondary N) is 3. The van der Waals surface area contributed by atoms with Gasteiger partial charge in [-0.05, 0) is 26.1 Å². The average molecular weight is 282 g/mol. The Morgan fingerprint density at radius 2 is 2.21 bits per heavy atom. The summed E-state index contributed by atoms with van der Waals surface area (Å²) in [5, 5.41) is 16.8. The molecule has 2 aromatic heterocycles. The summed E-state index contributed by atoms with van der Waals surface area (Å²) in [5.74, 6) is 0.165. The minimum atomic E-state index is -3.74. The van der Waals surface area contributed by atoms with E-state index in [9.17, 15) is 8.42 Å². The van der Waals surface area contributed by atoms with E-state index >= 15 is 0 Å². The molecule has 0 bridgehead atoms. The molecule has 2 rings (SSSR count). The van der Waals surface area contributed by atoms with Crippen LogP contribution in [0.25, 0.3) is 0 Å². The van der Waals surface area contributed by atoms with E-state index in [-0.39, 0.29) is 10.7 Å². The fraction of sp³-hybridized carbons (Fsp3) is 0.300. The summed E-state index contributed by atoms with van der Waals surface area (Å²) in [6.45, 7) is 2.00. The lowest BCUT2D eigenvalue weighted by atomic mass is 10.4. The molecule has 2 aromatic rings. The third kappa shape index (κ3) is 2.88. The SMILES string of the molecule is CNCc1n[nH]c(C)c1S(=O)(=O)Nc1cccnn1. The van der Waals surface area contributed by atoms with Gasteiger partial charge in [0.1, 0.15) is 4.90 Å². The van der Waals surface area contributed by atoms with Crippen LogP contribution in [-0.4, -0.2) is 35.9 Å². The predicted octanol–water partition coefficient (Wildman–Crippen LogP) is 0.0283. The molecule has 0 saturated carbocycles. The highest BCUT2D eigenvalue weighted by atomic mass is 32.2. The largest absolute Gasteiger partial charge is 0.314 e. The third-order valence-electron chi connectivity index (χ3n) is 2.39. The molecule has 19 heavy (non-hydrogen) atoms. The summed E-state index contributed by atoms with van der Waals surface area (Å²) in [6, 6.07) is 3.12. The van der Waals surface area contributed by atoms with Gasteiger partial charge in [-0.2, -0.15) is 10.2 Å². The first-order valence-electron chi connectivity index (χ1n) is 5.53. The Morgan fingerprint density at radius 3 is 2.84 bits per heavy atom. The molecule has 0 fully saturated rings. The molecule has 0 aliphatic heterocycles. The van der Waals surface area contributed by atoms with Crippen LogP contribution in [0.2, 0.25) is 0 Å². The van der Waals surface area contributed by atoms with Crippen LogP contribution in [0.1, 0.15) is 11.4 Å². The molecule has 0 spiro atoms. The van der Waals surface area contributed by atoms with Crippen molar-refractivity contribution in [2.45, 2.75) is 18.4 Å². The number of anilines is 1. The summed E-state index contributed by atoms with van der Waals surface area (Å²) < 4.78 is 27.0. The van der Waals surface area contributed by atoms with Crippen molar-refractivity contribution in [2.24, 2.45) is 0 Å². The topological polar surface area (TPSA) is 113 Å². The van der Waals surface area contributed by atoms with Crippen LogP contribution in [0, 0.1) is 6.92 Å². The number of hydrogen-bond acceptors (Lipinski definition) is 6. The van der Waals surface area contributed by atoms with Crippen LogP contribution in [-0.2, 0) is 16.6 Å². The Balaban J connectivity index is 2.37. The van der Waals surface area contributed by atoms with Crippen LogP contribution in [0.3, 0.4) is 0 Å². The number of aromatic nitrogens is 4. The van der Waals surface area contributed by atoms with Crippen LogP contribution < -0.4 is 10.0 Å². The van der Waals surface area contributed by atoms with Gasteiger partial charge in [0.25, 0.3) is 10.0 Å². The lowest BCUT2D eigenvalue weighted by Crippen LogP contribution is -2.18. The highest BCUT2D eigenvalue weighted by molar-refractivity contribution is 7.92. The van der Waals surface area contributed by atoms with Crippen molar-refractivity contribution in [3.05, 3.63) is 29.7 Å². The highest BCUT2D eigenvalue weighted by Gasteiger charge is 2.24. The summed E-state index contributed by atoms with van der Waals surface area (Å²) >= 11 is 0. The first-order chi connectivity index (χ1) is 9.04. The van der Waals surface area contributed by atoms with Gasteiger partial charge in [0.15, 0.2) is 5.82 Å². The van der Waals surface area contributed by atoms with Gasteiger partial charge in [0.05, 0.1) is 11.4 Å². The first-order valence-corrected chi connectivity index (χ1v) is 7.02. The number of H-pyrrole nitrogens is 1. The van der Waals surface area contributed by atoms with E-state index in [0.29, 0.717) is 17.9 Å². The van der Waals surface area contributed by atoms with E-state index in [4.69, 9.17) is 0 Å². The van der Waals surface area contributed by atoms with Crippen molar-refractivity contribution >= 4 is 15.8 Å². The summed E-state index contributed by atoms with van der Waals surface area (Å²) in [5.41, 5.74) is 0.901. The molecule has 0 aromatic carbocycles. The van der Waals surface area contributed by atoms with Gasteiger partial charge in [-0.1, -0.05) is 0 Å². The summed E-state index contributed by atoms with van der Waals surface area (Å²) in [4.78, 5) is 0.132. The maximum atomic E-state index is 12.3. The van der Waals surface area contributed by atoms with Crippen molar-refractivity contribution in [1.29, 1.82) is 0 Å². The normalized spacial score (nSPS) is 11.5. The van der Waals surface area contributed by atoms with Crippen LogP contribution in [0.15, 0.2) is 23.2 Å². The van der Waals surface area contributed by atoms with E-state index in [2.05, 4.69) is 30.4 Å². The molecule has 0 unspecified atom stereocenters. The van der Waals surface area contributed by atoms with E-state index in [1.165, 1.54) is 12.3 Å². The molecule has 0 aliphatic rings. The maximum Gasteiger partial charge on any atom is 0.266 e. The van der Waals surface area contributed by atoms with Crippen LogP contribution in [0.4, 0.5) is 5.82 Å². The zero-order chi connectivity index (χ0) is 13.9. The second-order valence-corrected chi connectivity index (χ2v) is 5.49. The summed E-state index contributed by atoms with van der Waals surface area (Å²) in [7, 11) is -2.02. The van der Waals surface area contributed by atoms with Crippen molar-refractivity contribution < 1.29 is 8.42 Å². The monoisotopic (exact) mass is 282 g/mol. The van der Waals surface area contributed by atoms with E-state index < -0.39 is 10.0 Å². The van der Waals surface area contributed by atoms with Gasteiger partial charge in [0, 0.05) is 12.7 Å². The molecule has 2 heterocycles. The number of aryl methyl sites for hydroxylation is 1. The van der Waals surface area contributed by atoms with Crippen LogP contribution >= 0.6 is 0 Å². The predicted molar refractivity (Wildman–Crippen MR) is 68.9 cm³/mol. The fourth-order valence-electron chi connectivity index (χ4n) is 1.66. The van der Waals surface area contributed by atoms with Gasteiger partial charge in [-0.3, -0.25) is 9.82 Å². The van der Waals surface area contributed by atoms with Gasteiger partial charge in [-0.15, -0.1) is 5.10 Å². The molecule has 0 amide bonds. The van der Waals surface area contributed by atoms with Gasteiger partial charge >= 0.3 is 0 Å². The van der Waals surface area contributed by atoms with Crippen molar-refractivity contribution in [3.8, 4) is 0 Å². The Labute approximate surface area is 110 Å². The number of hydrogen-bond donors (Lipinski definition) is 3. The Hall–Kier alpha value is -2.00. The molecule has 0 atom stereocenters. The van der Waals surface area contributed by atoms with E-state index in [1.54, 1.807) is 20.0 Å². The summed E-state index contributed by atoms with van der Waals surface area (Å²) in [6.07, 6.45) is 1.47. The lowest BCUT2D eigenvalue weighted by Gasteiger charge is -2.07. The minimum Gasteiger partial charge on any atom is -0.314 e. The molecule has 0 saturated heterocycles. The first kappa shape index (κ1) is 13.4. The van der Waals surface area contributed by atoms with Gasteiger partial charge < -0.3 is 5.32 Å². The molecule has 0 aliphatic carbocycles. The number of sulfonamides is 1. The number of rotatable bonds is 5. The quantitative estimate of drug-likeness (QED) is 0.713. The Kier molecular flexibility index (Phi) is 3.76. The van der Waals surface area contributed by atoms with Gasteiger partial charge in [0.2, 0.25) is 0 Å². The number of aromatic amines is 1. The second-order valence-electron chi connectivity index (χ2n) is 3.87. The number of nitrogens with zero attached hydrogens (tertiary/aromatic N) is 3. The maximum absolute atomic E-state index is 12.3. The molecule has 3 N–H and O–H groups in total. The van der Waals surface area contributed by atoms with E-state index in [0.717, 1.165) is 0 Å². The molecule has 102 valence electrons. The Bertz CT molecular complexity index is 652. The standard InChI is InChI=1S/C10H14N6O2S/c1-7-10(8(6-11-2)14-13-7)19(17,18)16-9-4-3-5-12-15-9/h3-5,11H,6H2,1-2H3,(H,13,14)(H,15,16). The second kappa shape index (κ2) is 5.33. The lowest BCUT2D eigenvalue weighted by molar-refractivity contribution is 0.598. The van der Waals surface area contributed by atoms with E-state index in [1.807, 2.05) is 0 Å². The fourth-order valence-corrected chi connectivity index (χ4v) is 3.02. The van der Waals surface area contributed by atoms with Crippen molar-refractivity contribution in [1.82, 2.24) is 25.7 Å². The molecule has 0 radical (unpaired) electrons. The third-order valence-corrected chi connectivity index (χ3v) is 3.94. The molecular weight excluding hydrogens is 268 g/mol. The van der Waals surface area contributed by atoms with Crippen molar-refractivity contribution in [2.75, 3.05) is 11.8 Å². The van der Waals surface area contributed by atoms with Crippen LogP contribution in [0.5, 0.6) is 0 Å². The highest BCUT2D eigenvalue weighted by Crippen LogP contribution is 2.20. The minimum absolute atomic E-state index is 0.132. The zero-order valence-corrected chi connectivity index (χ0v) is 11.3. The van der Waals surface area contributed by atoms with Gasteiger partial charge in [-0.25, -0.2) is 8.42 Å². The average Bonchev–Trinajstić information content (AvgIpc) is 2.72. The molecular formula is C10H14N6O2S. The van der Waals surface area contributed by atoms with Crippen molar-refractivity contribution in [3.63, 3.8) is 0 Å². The smallest absolute Gasteiger partial charge is 0.266 e.